The fourth-order valence-electron chi connectivity index (χ4n) is 4.18. The largest absolute Gasteiger partial charge is 0.483 e. The predicted octanol–water partition coefficient (Wildman–Crippen LogP) is 3.62. The van der Waals surface area contributed by atoms with Crippen molar-refractivity contribution in [2.24, 2.45) is 0 Å². The minimum atomic E-state index is -4.50. The topological polar surface area (TPSA) is 53.1 Å². The molecule has 0 radical (unpaired) electrons. The number of fused-ring (bicyclic) bond motifs is 1. The van der Waals surface area contributed by atoms with Gasteiger partial charge in [0.1, 0.15) is 5.75 Å². The van der Waals surface area contributed by atoms with Gasteiger partial charge in [0.25, 0.3) is 5.91 Å². The summed E-state index contributed by atoms with van der Waals surface area (Å²) in [5.74, 6) is 0.205. The van der Waals surface area contributed by atoms with Crippen LogP contribution in [0.3, 0.4) is 0 Å². The third-order valence-electron chi connectivity index (χ3n) is 6.16. The van der Waals surface area contributed by atoms with Crippen molar-refractivity contribution in [1.82, 2.24) is 14.7 Å². The van der Waals surface area contributed by atoms with Crippen LogP contribution in [0, 0.1) is 0 Å². The van der Waals surface area contributed by atoms with E-state index in [1.54, 1.807) is 24.0 Å². The van der Waals surface area contributed by atoms with Crippen LogP contribution < -0.4 is 4.74 Å². The number of nitrogens with zero attached hydrogens (tertiary/aromatic N) is 3. The molecule has 2 amide bonds. The number of amides is 2. The van der Waals surface area contributed by atoms with Crippen LogP contribution in [0.25, 0.3) is 0 Å². The lowest BCUT2D eigenvalue weighted by Gasteiger charge is -2.26. The molecule has 3 rings (SSSR count). The molecule has 0 spiro atoms. The van der Waals surface area contributed by atoms with Crippen molar-refractivity contribution in [2.75, 3.05) is 46.9 Å². The Bertz CT molecular complexity index is 1040. The molecule has 0 atom stereocenters. The molecular formula is C26H32F3N3O3. The maximum absolute atomic E-state index is 13.5. The number of ether oxygens (including phenoxy) is 1. The van der Waals surface area contributed by atoms with E-state index in [0.29, 0.717) is 38.2 Å². The monoisotopic (exact) mass is 491 g/mol. The molecule has 2 aromatic carbocycles. The fraction of sp³-hybridized carbons (Fsp3) is 0.462. The number of likely N-dealkylation sites (N-methyl/N-ethyl adjacent to an activating group) is 1. The number of carbonyl (C=O) groups excluding carboxylic acids is 2. The lowest BCUT2D eigenvalue weighted by Crippen LogP contribution is -2.39. The second-order valence-corrected chi connectivity index (χ2v) is 8.96. The van der Waals surface area contributed by atoms with Crippen LogP contribution in [0.15, 0.2) is 42.5 Å². The lowest BCUT2D eigenvalue weighted by atomic mass is 10.0. The first kappa shape index (κ1) is 26.5. The molecule has 0 saturated heterocycles. The van der Waals surface area contributed by atoms with Crippen molar-refractivity contribution < 1.29 is 27.5 Å². The average molecular weight is 492 g/mol. The van der Waals surface area contributed by atoms with Gasteiger partial charge in [0.15, 0.2) is 6.61 Å². The highest BCUT2D eigenvalue weighted by atomic mass is 19.4. The Morgan fingerprint density at radius 3 is 2.40 bits per heavy atom. The molecule has 0 aromatic heterocycles. The van der Waals surface area contributed by atoms with E-state index in [1.165, 1.54) is 17.0 Å². The van der Waals surface area contributed by atoms with Crippen LogP contribution in [0.2, 0.25) is 0 Å². The number of hydrogen-bond donors (Lipinski definition) is 0. The number of carbonyl (C=O) groups is 2. The smallest absolute Gasteiger partial charge is 0.416 e. The Kier molecular flexibility index (Phi) is 8.77. The van der Waals surface area contributed by atoms with E-state index in [1.807, 2.05) is 31.1 Å². The number of hydrogen-bond acceptors (Lipinski definition) is 4. The highest BCUT2D eigenvalue weighted by molar-refractivity contribution is 5.78. The molecule has 0 N–H and O–H groups in total. The maximum Gasteiger partial charge on any atom is 0.416 e. The second kappa shape index (κ2) is 11.6. The lowest BCUT2D eigenvalue weighted by molar-refractivity contribution is -0.140. The van der Waals surface area contributed by atoms with E-state index in [2.05, 4.69) is 0 Å². The van der Waals surface area contributed by atoms with E-state index in [4.69, 9.17) is 4.74 Å². The van der Waals surface area contributed by atoms with Gasteiger partial charge in [-0.1, -0.05) is 30.3 Å². The van der Waals surface area contributed by atoms with Gasteiger partial charge in [-0.15, -0.1) is 0 Å². The highest BCUT2D eigenvalue weighted by Gasteiger charge is 2.33. The molecular weight excluding hydrogens is 459 g/mol. The van der Waals surface area contributed by atoms with E-state index in [0.717, 1.165) is 17.2 Å². The minimum Gasteiger partial charge on any atom is -0.483 e. The average Bonchev–Trinajstić information content (AvgIpc) is 3.03. The SMILES string of the molecule is CC(=O)N1CCc2cccc(OCC(=O)N(CCN(C)C)Cc3ccccc3C(F)(F)F)c2CC1. The van der Waals surface area contributed by atoms with Crippen molar-refractivity contribution in [3.05, 3.63) is 64.7 Å². The van der Waals surface area contributed by atoms with Crippen LogP contribution >= 0.6 is 0 Å². The van der Waals surface area contributed by atoms with Gasteiger partial charge in [-0.25, -0.2) is 0 Å². The van der Waals surface area contributed by atoms with Gasteiger partial charge in [-0.05, 0) is 55.8 Å². The molecule has 2 aromatic rings. The second-order valence-electron chi connectivity index (χ2n) is 8.96. The van der Waals surface area contributed by atoms with Crippen LogP contribution in [-0.2, 0) is 35.2 Å². The number of benzene rings is 2. The van der Waals surface area contributed by atoms with Crippen molar-refractivity contribution >= 4 is 11.8 Å². The summed E-state index contributed by atoms with van der Waals surface area (Å²) in [7, 11) is 3.68. The van der Waals surface area contributed by atoms with Gasteiger partial charge in [-0.2, -0.15) is 13.2 Å². The zero-order chi connectivity index (χ0) is 25.6. The van der Waals surface area contributed by atoms with E-state index in [9.17, 15) is 22.8 Å². The van der Waals surface area contributed by atoms with Crippen LogP contribution in [-0.4, -0.2) is 73.4 Å². The summed E-state index contributed by atoms with van der Waals surface area (Å²) >= 11 is 0. The third kappa shape index (κ3) is 7.21. The molecule has 6 nitrogen and oxygen atoms in total. The number of alkyl halides is 3. The van der Waals surface area contributed by atoms with Crippen molar-refractivity contribution in [1.29, 1.82) is 0 Å². The fourth-order valence-corrected chi connectivity index (χ4v) is 4.18. The molecule has 1 aliphatic rings. The van der Waals surface area contributed by atoms with Gasteiger partial charge in [0.05, 0.1) is 5.56 Å². The predicted molar refractivity (Wildman–Crippen MR) is 127 cm³/mol. The molecule has 0 bridgehead atoms. The molecule has 1 heterocycles. The minimum absolute atomic E-state index is 0.0196. The molecule has 190 valence electrons. The summed E-state index contributed by atoms with van der Waals surface area (Å²) in [6.45, 7) is 3.07. The standard InChI is InChI=1S/C26H32F3N3O3/c1-19(33)31-13-11-20-8-6-10-24(22(20)12-14-31)35-18-25(34)32(16-15-30(2)3)17-21-7-4-5-9-23(21)26(27,28)29/h4-10H,11-18H2,1-3H3. The summed E-state index contributed by atoms with van der Waals surface area (Å²) in [4.78, 5) is 30.0. The quantitative estimate of drug-likeness (QED) is 0.566. The Morgan fingerprint density at radius 1 is 1.00 bits per heavy atom. The van der Waals surface area contributed by atoms with Crippen molar-refractivity contribution in [3.8, 4) is 5.75 Å². The Hall–Kier alpha value is -3.07. The van der Waals surface area contributed by atoms with E-state index < -0.39 is 11.7 Å². The zero-order valence-electron chi connectivity index (χ0n) is 20.4. The first-order chi connectivity index (χ1) is 16.6. The Balaban J connectivity index is 1.75. The Morgan fingerprint density at radius 2 is 1.71 bits per heavy atom. The Labute approximate surface area is 204 Å². The van der Waals surface area contributed by atoms with E-state index >= 15 is 0 Å². The van der Waals surface area contributed by atoms with Gasteiger partial charge >= 0.3 is 6.18 Å². The van der Waals surface area contributed by atoms with Crippen molar-refractivity contribution in [3.63, 3.8) is 0 Å². The molecule has 9 heteroatoms. The first-order valence-electron chi connectivity index (χ1n) is 11.6. The first-order valence-corrected chi connectivity index (χ1v) is 11.6. The molecule has 0 aliphatic carbocycles. The summed E-state index contributed by atoms with van der Waals surface area (Å²) in [5.41, 5.74) is 1.34. The molecule has 0 unspecified atom stereocenters. The molecule has 35 heavy (non-hydrogen) atoms. The number of rotatable bonds is 8. The van der Waals surface area contributed by atoms with Crippen LogP contribution in [0.4, 0.5) is 13.2 Å². The number of halogens is 3. The summed E-state index contributed by atoms with van der Waals surface area (Å²) in [6, 6.07) is 11.0. The summed E-state index contributed by atoms with van der Waals surface area (Å²) in [5, 5.41) is 0. The normalized spacial score (nSPS) is 13.9. The zero-order valence-corrected chi connectivity index (χ0v) is 20.4. The molecule has 1 aliphatic heterocycles. The molecule has 0 fully saturated rings. The van der Waals surface area contributed by atoms with Gasteiger partial charge in [-0.3, -0.25) is 9.59 Å². The van der Waals surface area contributed by atoms with Crippen LogP contribution in [0.1, 0.15) is 29.2 Å². The summed E-state index contributed by atoms with van der Waals surface area (Å²) < 4.78 is 46.4. The summed E-state index contributed by atoms with van der Waals surface area (Å²) in [6.07, 6.45) is -3.19. The van der Waals surface area contributed by atoms with Crippen molar-refractivity contribution in [2.45, 2.75) is 32.5 Å². The van der Waals surface area contributed by atoms with Gasteiger partial charge in [0, 0.05) is 39.6 Å². The van der Waals surface area contributed by atoms with Gasteiger partial charge < -0.3 is 19.4 Å². The van der Waals surface area contributed by atoms with Crippen LogP contribution in [0.5, 0.6) is 5.75 Å². The maximum atomic E-state index is 13.5. The molecule has 0 saturated carbocycles. The highest BCUT2D eigenvalue weighted by Crippen LogP contribution is 2.32. The third-order valence-corrected chi connectivity index (χ3v) is 6.16. The van der Waals surface area contributed by atoms with Gasteiger partial charge in [0.2, 0.25) is 5.91 Å². The van der Waals surface area contributed by atoms with E-state index in [-0.39, 0.29) is 37.1 Å².